The summed E-state index contributed by atoms with van der Waals surface area (Å²) >= 11 is -2.44. The van der Waals surface area contributed by atoms with Gasteiger partial charge in [0, 0.05) is 0 Å². The molecule has 0 N–H and O–H groups in total. The Morgan fingerprint density at radius 3 is 0.880 bits per heavy atom. The van der Waals surface area contributed by atoms with Crippen LogP contribution in [0.4, 0.5) is 0 Å². The molecule has 0 spiro atoms. The average molecular weight is 441 g/mol. The van der Waals surface area contributed by atoms with E-state index in [1.54, 1.807) is 21.3 Å². The maximum absolute atomic E-state index is 5.31. The van der Waals surface area contributed by atoms with Crippen molar-refractivity contribution in [1.82, 2.24) is 0 Å². The summed E-state index contributed by atoms with van der Waals surface area (Å²) < 4.78 is 20.2. The molecule has 0 aliphatic carbocycles. The minimum atomic E-state index is -2.44. The zero-order valence-corrected chi connectivity index (χ0v) is 18.0. The van der Waals surface area contributed by atoms with Crippen LogP contribution >= 0.6 is 0 Å². The Bertz CT molecular complexity index is 683. The fourth-order valence-electron chi connectivity index (χ4n) is 2.97. The van der Waals surface area contributed by atoms with Crippen molar-refractivity contribution in [3.8, 4) is 17.2 Å². The molecule has 3 rings (SSSR count). The normalized spacial score (nSPS) is 10.6. The van der Waals surface area contributed by atoms with Crippen molar-refractivity contribution in [2.45, 2.75) is 0 Å². The van der Waals surface area contributed by atoms with Crippen LogP contribution in [0, 0.1) is 0 Å². The molecule has 0 fully saturated rings. The van der Waals surface area contributed by atoms with Crippen LogP contribution in [0.1, 0.15) is 0 Å². The number of methoxy groups -OCH3 is 3. The molecule has 0 atom stereocenters. The Morgan fingerprint density at radius 1 is 0.440 bits per heavy atom. The molecule has 3 nitrogen and oxygen atoms in total. The van der Waals surface area contributed by atoms with Gasteiger partial charge in [0.05, 0.1) is 0 Å². The third kappa shape index (κ3) is 4.10. The van der Waals surface area contributed by atoms with Gasteiger partial charge in [-0.3, -0.25) is 0 Å². The van der Waals surface area contributed by atoms with Crippen molar-refractivity contribution >= 4 is 30.5 Å². The van der Waals surface area contributed by atoms with Gasteiger partial charge in [-0.25, -0.2) is 0 Å². The molecule has 128 valence electrons. The van der Waals surface area contributed by atoms with E-state index in [9.17, 15) is 0 Å². The van der Waals surface area contributed by atoms with E-state index in [-0.39, 0.29) is 0 Å². The summed E-state index contributed by atoms with van der Waals surface area (Å²) in [6.07, 6.45) is 0. The predicted octanol–water partition coefficient (Wildman–Crippen LogP) is 1.96. The quantitative estimate of drug-likeness (QED) is 0.548. The second kappa shape index (κ2) is 8.30. The number of hydrogen-bond donors (Lipinski definition) is 0. The van der Waals surface area contributed by atoms with Crippen LogP contribution in [0.2, 0.25) is 0 Å². The van der Waals surface area contributed by atoms with Crippen molar-refractivity contribution < 1.29 is 14.2 Å². The van der Waals surface area contributed by atoms with Crippen molar-refractivity contribution in [2.75, 3.05) is 21.3 Å². The van der Waals surface area contributed by atoms with Crippen LogP contribution < -0.4 is 24.9 Å². The Hall–Kier alpha value is -2.14. The summed E-state index contributed by atoms with van der Waals surface area (Å²) in [5, 5.41) is 0. The molecule has 0 aromatic heterocycles. The van der Waals surface area contributed by atoms with Crippen LogP contribution in [0.15, 0.2) is 72.8 Å². The monoisotopic (exact) mass is 442 g/mol. The fraction of sp³-hybridized carbons (Fsp3) is 0.143. The van der Waals surface area contributed by atoms with Crippen molar-refractivity contribution in [3.05, 3.63) is 72.8 Å². The van der Waals surface area contributed by atoms with Crippen LogP contribution in [0.3, 0.4) is 0 Å². The van der Waals surface area contributed by atoms with Crippen LogP contribution in [-0.2, 0) is 0 Å². The molecular formula is C21H22O3Sn. The first-order chi connectivity index (χ1) is 12.2. The van der Waals surface area contributed by atoms with Crippen LogP contribution in [0.25, 0.3) is 0 Å². The second-order valence-electron chi connectivity index (χ2n) is 5.75. The van der Waals surface area contributed by atoms with E-state index in [2.05, 4.69) is 36.4 Å². The summed E-state index contributed by atoms with van der Waals surface area (Å²) in [6.45, 7) is 0. The maximum atomic E-state index is 5.31. The third-order valence-electron chi connectivity index (χ3n) is 4.35. The molecule has 0 aliphatic heterocycles. The fourth-order valence-corrected chi connectivity index (χ4v) is 11.2. The van der Waals surface area contributed by atoms with E-state index in [4.69, 9.17) is 14.2 Å². The molecule has 3 aromatic carbocycles. The van der Waals surface area contributed by atoms with Gasteiger partial charge in [-0.15, -0.1) is 0 Å². The molecular weight excluding hydrogens is 419 g/mol. The van der Waals surface area contributed by atoms with Crippen molar-refractivity contribution in [1.29, 1.82) is 0 Å². The number of hydrogen-bond acceptors (Lipinski definition) is 3. The van der Waals surface area contributed by atoms with E-state index < -0.39 is 19.8 Å². The molecule has 25 heavy (non-hydrogen) atoms. The molecule has 0 saturated carbocycles. The summed E-state index contributed by atoms with van der Waals surface area (Å²) in [7, 11) is 5.09. The molecule has 0 heterocycles. The minimum absolute atomic E-state index is 0.887. The Morgan fingerprint density at radius 2 is 0.680 bits per heavy atom. The van der Waals surface area contributed by atoms with Gasteiger partial charge in [-0.1, -0.05) is 0 Å². The molecule has 0 saturated heterocycles. The Balaban J connectivity index is 2.04. The number of ether oxygens (including phenoxy) is 3. The van der Waals surface area contributed by atoms with Crippen LogP contribution in [0.5, 0.6) is 17.2 Å². The van der Waals surface area contributed by atoms with Gasteiger partial charge in [-0.05, 0) is 0 Å². The summed E-state index contributed by atoms with van der Waals surface area (Å²) in [5.41, 5.74) is 0. The third-order valence-corrected chi connectivity index (χ3v) is 13.4. The molecule has 3 aromatic rings. The van der Waals surface area contributed by atoms with E-state index >= 15 is 0 Å². The Labute approximate surface area is 155 Å². The van der Waals surface area contributed by atoms with E-state index in [1.807, 2.05) is 36.4 Å². The molecule has 0 bridgehead atoms. The van der Waals surface area contributed by atoms with Gasteiger partial charge in [0.25, 0.3) is 0 Å². The summed E-state index contributed by atoms with van der Waals surface area (Å²) in [6, 6.07) is 25.5. The van der Waals surface area contributed by atoms with Gasteiger partial charge in [0.15, 0.2) is 0 Å². The molecule has 0 unspecified atom stereocenters. The summed E-state index contributed by atoms with van der Waals surface area (Å²) in [4.78, 5) is 0. The second-order valence-corrected chi connectivity index (χ2v) is 13.9. The number of rotatable bonds is 6. The number of benzene rings is 3. The molecule has 0 aliphatic rings. The average Bonchev–Trinajstić information content (AvgIpc) is 2.70. The predicted molar refractivity (Wildman–Crippen MR) is 105 cm³/mol. The van der Waals surface area contributed by atoms with Crippen LogP contribution in [-0.4, -0.2) is 41.1 Å². The molecule has 0 amide bonds. The molecule has 0 radical (unpaired) electrons. The van der Waals surface area contributed by atoms with E-state index in [1.165, 1.54) is 10.7 Å². The summed E-state index contributed by atoms with van der Waals surface area (Å²) in [5.74, 6) is 2.66. The van der Waals surface area contributed by atoms with Crippen molar-refractivity contribution in [3.63, 3.8) is 0 Å². The standard InChI is InChI=1S/3C7H7O.Sn.H/c3*1-8-7-5-3-2-4-6-7;;/h3*3-6H,1H3;;. The van der Waals surface area contributed by atoms with Gasteiger partial charge in [-0.2, -0.15) is 0 Å². The Kier molecular flexibility index (Phi) is 5.86. The van der Waals surface area contributed by atoms with Gasteiger partial charge in [0.1, 0.15) is 0 Å². The topological polar surface area (TPSA) is 27.7 Å². The van der Waals surface area contributed by atoms with E-state index in [0.717, 1.165) is 17.2 Å². The first-order valence-electron chi connectivity index (χ1n) is 8.17. The SMILES string of the molecule is COc1cc[c]([SnH]([c]2ccc(OC)cc2)[c]2ccc(OC)cc2)cc1. The van der Waals surface area contributed by atoms with Gasteiger partial charge in [0.2, 0.25) is 0 Å². The first kappa shape index (κ1) is 17.7. The zero-order valence-electron chi connectivity index (χ0n) is 14.7. The molecule has 4 heteroatoms. The van der Waals surface area contributed by atoms with Gasteiger partial charge >= 0.3 is 156 Å². The van der Waals surface area contributed by atoms with E-state index in [0.29, 0.717) is 0 Å². The first-order valence-corrected chi connectivity index (χ1v) is 13.1. The van der Waals surface area contributed by atoms with Gasteiger partial charge < -0.3 is 0 Å². The zero-order chi connectivity index (χ0) is 17.6. The van der Waals surface area contributed by atoms with Crippen molar-refractivity contribution in [2.24, 2.45) is 0 Å².